The molecule has 0 fully saturated rings. The van der Waals surface area contributed by atoms with Crippen molar-refractivity contribution in [2.45, 2.75) is 26.3 Å². The number of rotatable bonds is 8. The standard InChI is InChI=1S/C22H27NO4/c1-15(2)17-9-6-16(7-10-17)8-11-22(24)23-14-19-20(26-4)12-18(25-3)13-21(19)27-5/h6-13,15H,14H2,1-5H3,(H,23,24). The molecule has 0 saturated carbocycles. The Hall–Kier alpha value is -2.95. The molecule has 27 heavy (non-hydrogen) atoms. The number of carbonyl (C=O) groups excluding carboxylic acids is 1. The maximum atomic E-state index is 12.2. The summed E-state index contributed by atoms with van der Waals surface area (Å²) in [6, 6.07) is 11.7. The first-order chi connectivity index (χ1) is 13.0. The summed E-state index contributed by atoms with van der Waals surface area (Å²) in [7, 11) is 4.72. The molecule has 5 nitrogen and oxygen atoms in total. The molecule has 2 aromatic carbocycles. The molecule has 0 atom stereocenters. The summed E-state index contributed by atoms with van der Waals surface area (Å²) in [6.07, 6.45) is 3.31. The average Bonchev–Trinajstić information content (AvgIpc) is 2.70. The number of methoxy groups -OCH3 is 3. The Kier molecular flexibility index (Phi) is 7.29. The lowest BCUT2D eigenvalue weighted by Gasteiger charge is -2.15. The highest BCUT2D eigenvalue weighted by molar-refractivity contribution is 5.91. The average molecular weight is 369 g/mol. The number of amides is 1. The van der Waals surface area contributed by atoms with Gasteiger partial charge in [-0.1, -0.05) is 38.1 Å². The molecule has 0 spiro atoms. The second kappa shape index (κ2) is 9.67. The van der Waals surface area contributed by atoms with Crippen LogP contribution >= 0.6 is 0 Å². The van der Waals surface area contributed by atoms with Crippen LogP contribution in [0.3, 0.4) is 0 Å². The second-order valence-corrected chi connectivity index (χ2v) is 6.38. The molecule has 1 N–H and O–H groups in total. The van der Waals surface area contributed by atoms with Crippen molar-refractivity contribution in [3.63, 3.8) is 0 Å². The maximum absolute atomic E-state index is 12.2. The van der Waals surface area contributed by atoms with Crippen molar-refractivity contribution in [2.24, 2.45) is 0 Å². The Morgan fingerprint density at radius 2 is 1.59 bits per heavy atom. The van der Waals surface area contributed by atoms with Gasteiger partial charge < -0.3 is 19.5 Å². The van der Waals surface area contributed by atoms with E-state index in [0.29, 0.717) is 23.2 Å². The second-order valence-electron chi connectivity index (χ2n) is 6.38. The third kappa shape index (κ3) is 5.51. The highest BCUT2D eigenvalue weighted by Crippen LogP contribution is 2.33. The molecule has 0 heterocycles. The molecule has 0 aliphatic rings. The van der Waals surface area contributed by atoms with Crippen molar-refractivity contribution < 1.29 is 19.0 Å². The van der Waals surface area contributed by atoms with Crippen molar-refractivity contribution in [2.75, 3.05) is 21.3 Å². The summed E-state index contributed by atoms with van der Waals surface area (Å²) in [5, 5.41) is 2.86. The largest absolute Gasteiger partial charge is 0.496 e. The fraction of sp³-hybridized carbons (Fsp3) is 0.318. The molecule has 0 bridgehead atoms. The Bertz CT molecular complexity index is 769. The van der Waals surface area contributed by atoms with Gasteiger partial charge in [0.2, 0.25) is 5.91 Å². The minimum absolute atomic E-state index is 0.192. The molecule has 0 aliphatic heterocycles. The molecule has 0 radical (unpaired) electrons. The lowest BCUT2D eigenvalue weighted by molar-refractivity contribution is -0.116. The van der Waals surface area contributed by atoms with Crippen LogP contribution in [0.5, 0.6) is 17.2 Å². The van der Waals surface area contributed by atoms with Crippen molar-refractivity contribution in [3.8, 4) is 17.2 Å². The van der Waals surface area contributed by atoms with Gasteiger partial charge >= 0.3 is 0 Å². The van der Waals surface area contributed by atoms with E-state index in [1.165, 1.54) is 11.6 Å². The van der Waals surface area contributed by atoms with Crippen LogP contribution in [0.15, 0.2) is 42.5 Å². The van der Waals surface area contributed by atoms with Crippen molar-refractivity contribution in [3.05, 3.63) is 59.2 Å². The molecule has 2 aromatic rings. The first kappa shape index (κ1) is 20.4. The zero-order chi connectivity index (χ0) is 19.8. The van der Waals surface area contributed by atoms with Crippen LogP contribution < -0.4 is 19.5 Å². The van der Waals surface area contributed by atoms with E-state index in [1.54, 1.807) is 39.5 Å². The summed E-state index contributed by atoms with van der Waals surface area (Å²) >= 11 is 0. The molecule has 0 aliphatic carbocycles. The van der Waals surface area contributed by atoms with E-state index >= 15 is 0 Å². The minimum Gasteiger partial charge on any atom is -0.496 e. The third-order valence-electron chi connectivity index (χ3n) is 4.29. The molecular formula is C22H27NO4. The van der Waals surface area contributed by atoms with Crippen LogP contribution in [0, 0.1) is 0 Å². The van der Waals surface area contributed by atoms with Crippen molar-refractivity contribution in [1.82, 2.24) is 5.32 Å². The van der Waals surface area contributed by atoms with Crippen molar-refractivity contribution in [1.29, 1.82) is 0 Å². The van der Waals surface area contributed by atoms with Crippen LogP contribution in [-0.4, -0.2) is 27.2 Å². The van der Waals surface area contributed by atoms with E-state index in [9.17, 15) is 4.79 Å². The highest BCUT2D eigenvalue weighted by Gasteiger charge is 2.13. The van der Waals surface area contributed by atoms with E-state index < -0.39 is 0 Å². The first-order valence-corrected chi connectivity index (χ1v) is 8.83. The van der Waals surface area contributed by atoms with Crippen LogP contribution in [-0.2, 0) is 11.3 Å². The molecule has 5 heteroatoms. The lowest BCUT2D eigenvalue weighted by Crippen LogP contribution is -2.21. The maximum Gasteiger partial charge on any atom is 0.244 e. The Morgan fingerprint density at radius 3 is 2.07 bits per heavy atom. The predicted octanol–water partition coefficient (Wildman–Crippen LogP) is 4.17. The number of hydrogen-bond donors (Lipinski definition) is 1. The summed E-state index contributed by atoms with van der Waals surface area (Å²) < 4.78 is 16.0. The Morgan fingerprint density at radius 1 is 1.00 bits per heavy atom. The van der Waals surface area contributed by atoms with E-state index in [2.05, 4.69) is 31.3 Å². The van der Waals surface area contributed by atoms with Gasteiger partial charge in [-0.2, -0.15) is 0 Å². The highest BCUT2D eigenvalue weighted by atomic mass is 16.5. The topological polar surface area (TPSA) is 56.8 Å². The van der Waals surface area contributed by atoms with Gasteiger partial charge in [-0.3, -0.25) is 4.79 Å². The van der Waals surface area contributed by atoms with Gasteiger partial charge in [-0.05, 0) is 23.1 Å². The summed E-state index contributed by atoms with van der Waals surface area (Å²) in [6.45, 7) is 4.59. The van der Waals surface area contributed by atoms with Crippen LogP contribution in [0.2, 0.25) is 0 Å². The van der Waals surface area contributed by atoms with Crippen molar-refractivity contribution >= 4 is 12.0 Å². The first-order valence-electron chi connectivity index (χ1n) is 8.83. The molecule has 144 valence electrons. The van der Waals surface area contributed by atoms with Crippen LogP contribution in [0.1, 0.15) is 36.5 Å². The predicted molar refractivity (Wildman–Crippen MR) is 108 cm³/mol. The minimum atomic E-state index is -0.192. The van der Waals surface area contributed by atoms with Gasteiger partial charge in [0, 0.05) is 18.2 Å². The van der Waals surface area contributed by atoms with E-state index in [0.717, 1.165) is 11.1 Å². The molecule has 2 rings (SSSR count). The van der Waals surface area contributed by atoms with Gasteiger partial charge in [0.1, 0.15) is 17.2 Å². The van der Waals surface area contributed by atoms with Gasteiger partial charge in [0.15, 0.2) is 0 Å². The lowest BCUT2D eigenvalue weighted by atomic mass is 10.0. The monoisotopic (exact) mass is 369 g/mol. The van der Waals surface area contributed by atoms with Crippen LogP contribution in [0.25, 0.3) is 6.08 Å². The normalized spacial score (nSPS) is 10.9. The number of hydrogen-bond acceptors (Lipinski definition) is 4. The summed E-state index contributed by atoms with van der Waals surface area (Å²) in [4.78, 5) is 12.2. The molecule has 1 amide bonds. The SMILES string of the molecule is COc1cc(OC)c(CNC(=O)C=Cc2ccc(C(C)C)cc2)c(OC)c1. The van der Waals surface area contributed by atoms with Gasteiger partial charge in [-0.15, -0.1) is 0 Å². The summed E-state index contributed by atoms with van der Waals surface area (Å²) in [5.41, 5.74) is 3.01. The number of benzene rings is 2. The number of nitrogens with one attached hydrogen (secondary N) is 1. The molecular weight excluding hydrogens is 342 g/mol. The fourth-order valence-corrected chi connectivity index (χ4v) is 2.65. The summed E-state index contributed by atoms with van der Waals surface area (Å²) in [5.74, 6) is 2.12. The van der Waals surface area contributed by atoms with E-state index in [4.69, 9.17) is 14.2 Å². The third-order valence-corrected chi connectivity index (χ3v) is 4.29. The fourth-order valence-electron chi connectivity index (χ4n) is 2.65. The zero-order valence-electron chi connectivity index (χ0n) is 16.5. The van der Waals surface area contributed by atoms with Gasteiger partial charge in [0.05, 0.1) is 33.4 Å². The Balaban J connectivity index is 2.04. The molecule has 0 unspecified atom stereocenters. The van der Waals surface area contributed by atoms with Crippen LogP contribution in [0.4, 0.5) is 0 Å². The molecule has 0 aromatic heterocycles. The number of carbonyl (C=O) groups is 1. The number of ether oxygens (including phenoxy) is 3. The molecule has 0 saturated heterocycles. The van der Waals surface area contributed by atoms with E-state index in [1.807, 2.05) is 12.1 Å². The quantitative estimate of drug-likeness (QED) is 0.710. The Labute approximate surface area is 161 Å². The van der Waals surface area contributed by atoms with E-state index in [-0.39, 0.29) is 12.5 Å². The van der Waals surface area contributed by atoms with Gasteiger partial charge in [-0.25, -0.2) is 0 Å². The zero-order valence-corrected chi connectivity index (χ0v) is 16.5. The van der Waals surface area contributed by atoms with Gasteiger partial charge in [0.25, 0.3) is 0 Å². The smallest absolute Gasteiger partial charge is 0.244 e.